The van der Waals surface area contributed by atoms with E-state index < -0.39 is 0 Å². The van der Waals surface area contributed by atoms with Gasteiger partial charge in [-0.15, -0.1) is 0 Å². The molecule has 0 aliphatic carbocycles. The number of carbonyl (C=O) groups excluding carboxylic acids is 1. The summed E-state index contributed by atoms with van der Waals surface area (Å²) in [7, 11) is 0. The van der Waals surface area contributed by atoms with E-state index in [1.54, 1.807) is 0 Å². The molecule has 2 N–H and O–H groups in total. The highest BCUT2D eigenvalue weighted by molar-refractivity contribution is 5.78. The molecule has 0 spiro atoms. The zero-order valence-electron chi connectivity index (χ0n) is 9.86. The van der Waals surface area contributed by atoms with Gasteiger partial charge in [-0.2, -0.15) is 0 Å². The largest absolute Gasteiger partial charge is 0.394 e. The van der Waals surface area contributed by atoms with Crippen LogP contribution in [0, 0.1) is 6.92 Å². The quantitative estimate of drug-likeness (QED) is 0.790. The standard InChI is InChI=1S/C13H19NO2/c1-3-12(9-15)14-13(16)8-11-6-4-10(2)5-7-11/h4-7,12,15H,3,8-9H2,1-2H3,(H,14,16). The van der Waals surface area contributed by atoms with Gasteiger partial charge in [0.05, 0.1) is 19.1 Å². The Kier molecular flexibility index (Phi) is 4.99. The highest BCUT2D eigenvalue weighted by Gasteiger charge is 2.09. The molecule has 88 valence electrons. The van der Waals surface area contributed by atoms with Gasteiger partial charge in [-0.3, -0.25) is 4.79 Å². The minimum atomic E-state index is -0.127. The molecule has 1 rings (SSSR count). The van der Waals surface area contributed by atoms with Crippen LogP contribution >= 0.6 is 0 Å². The van der Waals surface area contributed by atoms with Crippen LogP contribution in [0.15, 0.2) is 24.3 Å². The highest BCUT2D eigenvalue weighted by atomic mass is 16.3. The third-order valence-electron chi connectivity index (χ3n) is 2.56. The number of aliphatic hydroxyl groups is 1. The molecule has 3 heteroatoms. The molecule has 0 aromatic heterocycles. The van der Waals surface area contributed by atoms with E-state index in [0.717, 1.165) is 12.0 Å². The minimum absolute atomic E-state index is 0.00383. The smallest absolute Gasteiger partial charge is 0.224 e. The van der Waals surface area contributed by atoms with Gasteiger partial charge in [-0.1, -0.05) is 36.8 Å². The zero-order valence-corrected chi connectivity index (χ0v) is 9.86. The third kappa shape index (κ3) is 4.03. The van der Waals surface area contributed by atoms with Gasteiger partial charge in [-0.05, 0) is 18.9 Å². The molecule has 0 heterocycles. The van der Waals surface area contributed by atoms with Crippen molar-refractivity contribution < 1.29 is 9.90 Å². The molecule has 1 aromatic carbocycles. The Balaban J connectivity index is 2.48. The lowest BCUT2D eigenvalue weighted by Gasteiger charge is -2.13. The summed E-state index contributed by atoms with van der Waals surface area (Å²) in [6.07, 6.45) is 1.12. The number of amides is 1. The first kappa shape index (κ1) is 12.7. The van der Waals surface area contributed by atoms with Crippen molar-refractivity contribution in [2.75, 3.05) is 6.61 Å². The number of hydrogen-bond donors (Lipinski definition) is 2. The maximum Gasteiger partial charge on any atom is 0.224 e. The molecule has 0 saturated heterocycles. The first-order valence-electron chi connectivity index (χ1n) is 5.61. The van der Waals surface area contributed by atoms with Crippen LogP contribution in [0.1, 0.15) is 24.5 Å². The van der Waals surface area contributed by atoms with E-state index in [2.05, 4.69) is 5.32 Å². The molecule has 1 atom stereocenters. The number of hydrogen-bond acceptors (Lipinski definition) is 2. The number of aliphatic hydroxyl groups excluding tert-OH is 1. The molecule has 0 bridgehead atoms. The molecule has 0 radical (unpaired) electrons. The van der Waals surface area contributed by atoms with E-state index in [1.165, 1.54) is 5.56 Å². The average Bonchev–Trinajstić information content (AvgIpc) is 2.29. The number of carbonyl (C=O) groups is 1. The fourth-order valence-corrected chi connectivity index (χ4v) is 1.45. The molecular weight excluding hydrogens is 202 g/mol. The van der Waals surface area contributed by atoms with E-state index in [9.17, 15) is 4.79 Å². The predicted octanol–water partition coefficient (Wildman–Crippen LogP) is 1.42. The maximum atomic E-state index is 11.6. The fourth-order valence-electron chi connectivity index (χ4n) is 1.45. The van der Waals surface area contributed by atoms with Crippen LogP contribution in [0.25, 0.3) is 0 Å². The van der Waals surface area contributed by atoms with Crippen molar-refractivity contribution >= 4 is 5.91 Å². The van der Waals surface area contributed by atoms with E-state index in [-0.39, 0.29) is 18.6 Å². The van der Waals surface area contributed by atoms with E-state index in [4.69, 9.17) is 5.11 Å². The second-order valence-electron chi connectivity index (χ2n) is 4.02. The summed E-state index contributed by atoms with van der Waals surface area (Å²) < 4.78 is 0. The number of benzene rings is 1. The molecule has 0 fully saturated rings. The summed E-state index contributed by atoms with van der Waals surface area (Å²) in [4.78, 5) is 11.6. The lowest BCUT2D eigenvalue weighted by molar-refractivity contribution is -0.121. The van der Waals surface area contributed by atoms with Crippen LogP contribution in [0.5, 0.6) is 0 Å². The molecule has 1 amide bonds. The Morgan fingerprint density at radius 1 is 1.38 bits per heavy atom. The first-order valence-corrected chi connectivity index (χ1v) is 5.61. The maximum absolute atomic E-state index is 11.6. The molecule has 16 heavy (non-hydrogen) atoms. The van der Waals surface area contributed by atoms with Crippen LogP contribution in [-0.4, -0.2) is 23.7 Å². The Labute approximate surface area is 96.5 Å². The summed E-state index contributed by atoms with van der Waals surface area (Å²) in [6, 6.07) is 7.76. The van der Waals surface area contributed by atoms with Crippen LogP contribution in [0.2, 0.25) is 0 Å². The third-order valence-corrected chi connectivity index (χ3v) is 2.56. The van der Waals surface area contributed by atoms with Gasteiger partial charge in [-0.25, -0.2) is 0 Å². The van der Waals surface area contributed by atoms with Gasteiger partial charge in [0.2, 0.25) is 5.91 Å². The van der Waals surface area contributed by atoms with Crippen molar-refractivity contribution in [3.8, 4) is 0 Å². The monoisotopic (exact) mass is 221 g/mol. The van der Waals surface area contributed by atoms with Crippen LogP contribution in [-0.2, 0) is 11.2 Å². The zero-order chi connectivity index (χ0) is 12.0. The summed E-state index contributed by atoms with van der Waals surface area (Å²) >= 11 is 0. The van der Waals surface area contributed by atoms with Crippen molar-refractivity contribution in [3.63, 3.8) is 0 Å². The summed E-state index contributed by atoms with van der Waals surface area (Å²) in [5.41, 5.74) is 2.18. The lowest BCUT2D eigenvalue weighted by Crippen LogP contribution is -2.37. The topological polar surface area (TPSA) is 49.3 Å². The molecule has 1 aromatic rings. The van der Waals surface area contributed by atoms with Gasteiger partial charge in [0.1, 0.15) is 0 Å². The van der Waals surface area contributed by atoms with E-state index in [0.29, 0.717) is 6.42 Å². The average molecular weight is 221 g/mol. The summed E-state index contributed by atoms with van der Waals surface area (Å²) in [6.45, 7) is 3.95. The number of aryl methyl sites for hydroxylation is 1. The van der Waals surface area contributed by atoms with E-state index in [1.807, 2.05) is 38.1 Å². The molecule has 1 unspecified atom stereocenters. The van der Waals surface area contributed by atoms with Gasteiger partial charge in [0.25, 0.3) is 0 Å². The van der Waals surface area contributed by atoms with Crippen molar-refractivity contribution in [2.45, 2.75) is 32.7 Å². The van der Waals surface area contributed by atoms with Crippen molar-refractivity contribution in [1.82, 2.24) is 5.32 Å². The van der Waals surface area contributed by atoms with Gasteiger partial charge >= 0.3 is 0 Å². The first-order chi connectivity index (χ1) is 7.65. The second kappa shape index (κ2) is 6.28. The normalized spacial score (nSPS) is 12.2. The van der Waals surface area contributed by atoms with Crippen LogP contribution in [0.3, 0.4) is 0 Å². The molecule has 0 aliphatic rings. The molecular formula is C13H19NO2. The minimum Gasteiger partial charge on any atom is -0.394 e. The van der Waals surface area contributed by atoms with Crippen LogP contribution < -0.4 is 5.32 Å². The Hall–Kier alpha value is -1.35. The summed E-state index contributed by atoms with van der Waals surface area (Å²) in [5.74, 6) is -0.0373. The Morgan fingerprint density at radius 3 is 2.50 bits per heavy atom. The number of rotatable bonds is 5. The van der Waals surface area contributed by atoms with Crippen molar-refractivity contribution in [3.05, 3.63) is 35.4 Å². The van der Waals surface area contributed by atoms with Crippen molar-refractivity contribution in [1.29, 1.82) is 0 Å². The number of nitrogens with one attached hydrogen (secondary N) is 1. The summed E-state index contributed by atoms with van der Waals surface area (Å²) in [5, 5.41) is 11.8. The van der Waals surface area contributed by atoms with Gasteiger partial charge in [0.15, 0.2) is 0 Å². The SMILES string of the molecule is CCC(CO)NC(=O)Cc1ccc(C)cc1. The van der Waals surface area contributed by atoms with E-state index >= 15 is 0 Å². The lowest BCUT2D eigenvalue weighted by atomic mass is 10.1. The highest BCUT2D eigenvalue weighted by Crippen LogP contribution is 2.04. The second-order valence-corrected chi connectivity index (χ2v) is 4.02. The van der Waals surface area contributed by atoms with Crippen LogP contribution in [0.4, 0.5) is 0 Å². The fraction of sp³-hybridized carbons (Fsp3) is 0.462. The molecule has 3 nitrogen and oxygen atoms in total. The Morgan fingerprint density at radius 2 is 2.00 bits per heavy atom. The Bertz CT molecular complexity index is 328. The molecule has 0 aliphatic heterocycles. The van der Waals surface area contributed by atoms with Gasteiger partial charge in [0, 0.05) is 0 Å². The van der Waals surface area contributed by atoms with Gasteiger partial charge < -0.3 is 10.4 Å². The molecule has 0 saturated carbocycles. The van der Waals surface area contributed by atoms with Crippen molar-refractivity contribution in [2.24, 2.45) is 0 Å². The predicted molar refractivity (Wildman–Crippen MR) is 64.2 cm³/mol.